The predicted octanol–water partition coefficient (Wildman–Crippen LogP) is 7.32. The molecule has 0 saturated carbocycles. The number of para-hydroxylation sites is 2. The highest BCUT2D eigenvalue weighted by molar-refractivity contribution is 6.07. The van der Waals surface area contributed by atoms with E-state index in [9.17, 15) is 4.79 Å². The van der Waals surface area contributed by atoms with Crippen molar-refractivity contribution in [2.45, 2.75) is 39.2 Å². The molecule has 7 nitrogen and oxygen atoms in total. The van der Waals surface area contributed by atoms with Crippen LogP contribution in [-0.2, 0) is 12.8 Å². The number of methoxy groups -OCH3 is 2. The third kappa shape index (κ3) is 4.99. The first-order valence-corrected chi connectivity index (χ1v) is 13.6. The quantitative estimate of drug-likeness (QED) is 0.230. The number of aryl methyl sites for hydroxylation is 2. The Morgan fingerprint density at radius 2 is 1.66 bits per heavy atom. The van der Waals surface area contributed by atoms with Crippen molar-refractivity contribution in [3.63, 3.8) is 0 Å². The van der Waals surface area contributed by atoms with E-state index in [2.05, 4.69) is 31.3 Å². The fourth-order valence-electron chi connectivity index (χ4n) is 5.73. The maximum atomic E-state index is 13.2. The number of anilines is 1. The molecule has 6 rings (SSSR count). The molecule has 0 fully saturated rings. The van der Waals surface area contributed by atoms with Crippen LogP contribution >= 0.6 is 0 Å². The van der Waals surface area contributed by atoms with E-state index >= 15 is 0 Å². The Morgan fingerprint density at radius 1 is 0.951 bits per heavy atom. The van der Waals surface area contributed by atoms with Crippen LogP contribution in [0, 0.1) is 13.8 Å². The molecule has 1 N–H and O–H groups in total. The van der Waals surface area contributed by atoms with Crippen LogP contribution in [0.3, 0.4) is 0 Å². The highest BCUT2D eigenvalue weighted by Gasteiger charge is 2.38. The molecular weight excluding hydrogens is 516 g/mol. The number of fused-ring (bicyclic) bond motifs is 2. The molecule has 41 heavy (non-hydrogen) atoms. The summed E-state index contributed by atoms with van der Waals surface area (Å²) >= 11 is 0. The fraction of sp³-hybridized carbons (Fsp3) is 0.235. The summed E-state index contributed by atoms with van der Waals surface area (Å²) in [4.78, 5) is 18.0. The molecule has 2 heterocycles. The predicted molar refractivity (Wildman–Crippen MR) is 159 cm³/mol. The topological polar surface area (TPSA) is 82.8 Å². The number of ether oxygens (including phenoxy) is 3. The summed E-state index contributed by atoms with van der Waals surface area (Å²) in [5.41, 5.74) is 7.08. The van der Waals surface area contributed by atoms with E-state index in [-0.39, 0.29) is 5.91 Å². The van der Waals surface area contributed by atoms with Gasteiger partial charge in [-0.15, -0.1) is 0 Å². The van der Waals surface area contributed by atoms with Gasteiger partial charge in [0, 0.05) is 24.0 Å². The van der Waals surface area contributed by atoms with Crippen LogP contribution in [0.15, 0.2) is 77.2 Å². The maximum Gasteiger partial charge on any atom is 0.259 e. The Balaban J connectivity index is 1.32. The van der Waals surface area contributed by atoms with Gasteiger partial charge >= 0.3 is 0 Å². The highest BCUT2D eigenvalue weighted by Crippen LogP contribution is 2.44. The average molecular weight is 549 g/mol. The number of carbonyl (C=O) groups excluding carboxylic acids is 1. The lowest BCUT2D eigenvalue weighted by Gasteiger charge is -2.25. The van der Waals surface area contributed by atoms with Crippen molar-refractivity contribution in [1.29, 1.82) is 0 Å². The smallest absolute Gasteiger partial charge is 0.259 e. The fourth-order valence-corrected chi connectivity index (χ4v) is 5.73. The second kappa shape index (κ2) is 10.3. The Bertz CT molecular complexity index is 1790. The Labute approximate surface area is 239 Å². The van der Waals surface area contributed by atoms with Crippen LogP contribution in [0.1, 0.15) is 39.5 Å². The molecule has 0 bridgehead atoms. The molecule has 0 radical (unpaired) electrons. The summed E-state index contributed by atoms with van der Waals surface area (Å²) in [6, 6.07) is 23.1. The molecule has 1 aliphatic heterocycles. The van der Waals surface area contributed by atoms with E-state index in [1.807, 2.05) is 55.5 Å². The molecule has 208 valence electrons. The molecule has 1 aliphatic rings. The minimum Gasteiger partial charge on any atom is -0.496 e. The number of oxazole rings is 1. The summed E-state index contributed by atoms with van der Waals surface area (Å²) in [5, 5.41) is 3.06. The van der Waals surface area contributed by atoms with Crippen LogP contribution < -0.4 is 19.5 Å². The van der Waals surface area contributed by atoms with E-state index in [0.717, 1.165) is 38.9 Å². The number of nitrogens with one attached hydrogen (secondary N) is 1. The lowest BCUT2D eigenvalue weighted by molar-refractivity contribution is 0.101. The number of benzene rings is 4. The first-order chi connectivity index (χ1) is 19.8. The lowest BCUT2D eigenvalue weighted by atomic mass is 9.90. The summed E-state index contributed by atoms with van der Waals surface area (Å²) in [5.74, 6) is 2.18. The summed E-state index contributed by atoms with van der Waals surface area (Å²) < 4.78 is 24.0. The summed E-state index contributed by atoms with van der Waals surface area (Å²) in [6.07, 6.45) is 1.28. The van der Waals surface area contributed by atoms with Gasteiger partial charge in [-0.1, -0.05) is 36.4 Å². The number of carbonyl (C=O) groups is 1. The Kier molecular flexibility index (Phi) is 6.66. The molecule has 1 amide bonds. The maximum absolute atomic E-state index is 13.2. The molecule has 7 heteroatoms. The monoisotopic (exact) mass is 548 g/mol. The number of aromatic nitrogens is 1. The van der Waals surface area contributed by atoms with Gasteiger partial charge in [-0.2, -0.15) is 0 Å². The first-order valence-electron chi connectivity index (χ1n) is 13.6. The number of rotatable bonds is 7. The molecular formula is C34H32N2O5. The Morgan fingerprint density at radius 3 is 2.44 bits per heavy atom. The van der Waals surface area contributed by atoms with Crippen molar-refractivity contribution >= 4 is 22.7 Å². The van der Waals surface area contributed by atoms with Crippen molar-refractivity contribution in [3.05, 3.63) is 101 Å². The van der Waals surface area contributed by atoms with Crippen molar-refractivity contribution in [2.24, 2.45) is 0 Å². The normalized spacial score (nSPS) is 15.8. The van der Waals surface area contributed by atoms with E-state index in [4.69, 9.17) is 23.6 Å². The van der Waals surface area contributed by atoms with Gasteiger partial charge in [0.15, 0.2) is 5.58 Å². The molecule has 0 spiro atoms. The number of nitrogens with zero attached hydrogens (tertiary/aromatic N) is 1. The molecule has 0 saturated heterocycles. The van der Waals surface area contributed by atoms with Gasteiger partial charge in [0.1, 0.15) is 28.4 Å². The molecule has 0 aliphatic carbocycles. The largest absolute Gasteiger partial charge is 0.496 e. The average Bonchev–Trinajstić information content (AvgIpc) is 3.53. The molecule has 4 aromatic carbocycles. The zero-order chi connectivity index (χ0) is 28.7. The summed E-state index contributed by atoms with van der Waals surface area (Å²) in [6.45, 7) is 6.17. The first kappa shape index (κ1) is 26.4. The van der Waals surface area contributed by atoms with E-state index in [1.54, 1.807) is 26.4 Å². The van der Waals surface area contributed by atoms with Crippen LogP contribution in [0.5, 0.6) is 17.2 Å². The second-order valence-corrected chi connectivity index (χ2v) is 10.9. The van der Waals surface area contributed by atoms with E-state index < -0.39 is 5.60 Å². The van der Waals surface area contributed by atoms with Gasteiger partial charge in [0.25, 0.3) is 5.91 Å². The molecule has 1 unspecified atom stereocenters. The van der Waals surface area contributed by atoms with Crippen LogP contribution in [-0.4, -0.2) is 30.7 Å². The van der Waals surface area contributed by atoms with Crippen molar-refractivity contribution in [3.8, 4) is 28.7 Å². The highest BCUT2D eigenvalue weighted by atomic mass is 16.5. The van der Waals surface area contributed by atoms with Crippen molar-refractivity contribution < 1.29 is 23.4 Å². The minimum atomic E-state index is -0.557. The van der Waals surface area contributed by atoms with Crippen LogP contribution in [0.4, 0.5) is 5.69 Å². The molecule has 1 aromatic heterocycles. The van der Waals surface area contributed by atoms with Crippen molar-refractivity contribution in [2.75, 3.05) is 19.5 Å². The van der Waals surface area contributed by atoms with Crippen molar-refractivity contribution in [1.82, 2.24) is 4.98 Å². The zero-order valence-electron chi connectivity index (χ0n) is 23.8. The lowest BCUT2D eigenvalue weighted by Crippen LogP contribution is -2.33. The summed E-state index contributed by atoms with van der Waals surface area (Å²) in [7, 11) is 3.20. The minimum absolute atomic E-state index is 0.252. The third-order valence-corrected chi connectivity index (χ3v) is 7.44. The van der Waals surface area contributed by atoms with Gasteiger partial charge in [-0.25, -0.2) is 4.98 Å². The number of amides is 1. The van der Waals surface area contributed by atoms with Crippen LogP contribution in [0.25, 0.3) is 22.6 Å². The van der Waals surface area contributed by atoms with Crippen LogP contribution in [0.2, 0.25) is 0 Å². The van der Waals surface area contributed by atoms with Gasteiger partial charge < -0.3 is 23.9 Å². The second-order valence-electron chi connectivity index (χ2n) is 10.9. The third-order valence-electron chi connectivity index (χ3n) is 7.44. The van der Waals surface area contributed by atoms with Gasteiger partial charge in [0.05, 0.1) is 31.0 Å². The SMILES string of the molecule is COc1ccccc1C(=O)Nc1cc(C)cc2c1OC(C)(Cc1cc(C)cc3nc(-c4ccccc4OC)oc13)C2. The standard InChI is InChI=1S/C34H32N2O5/c1-20-14-22(30-26(16-20)36-33(40-30)25-11-7-9-13-29(25)39-5)18-34(3)19-23-15-21(2)17-27(31(23)41-34)35-32(37)24-10-6-8-12-28(24)38-4/h6-17H,18-19H2,1-5H3,(H,35,37). The molecule has 5 aromatic rings. The number of hydrogen-bond donors (Lipinski definition) is 1. The van der Waals surface area contributed by atoms with E-state index in [0.29, 0.717) is 47.2 Å². The van der Waals surface area contributed by atoms with Gasteiger partial charge in [-0.3, -0.25) is 4.79 Å². The number of hydrogen-bond acceptors (Lipinski definition) is 6. The molecule has 1 atom stereocenters. The van der Waals surface area contributed by atoms with E-state index in [1.165, 1.54) is 0 Å². The van der Waals surface area contributed by atoms with Gasteiger partial charge in [-0.05, 0) is 68.3 Å². The van der Waals surface area contributed by atoms with Gasteiger partial charge in [0.2, 0.25) is 5.89 Å². The Hall–Kier alpha value is -4.78. The zero-order valence-corrected chi connectivity index (χ0v) is 23.8.